The summed E-state index contributed by atoms with van der Waals surface area (Å²) in [6, 6.07) is 12.6. The van der Waals surface area contributed by atoms with Crippen molar-refractivity contribution in [3.63, 3.8) is 0 Å². The van der Waals surface area contributed by atoms with E-state index in [2.05, 4.69) is 39.2 Å². The fraction of sp³-hybridized carbons (Fsp3) is 0.200. The normalized spacial score (nSPS) is 18.1. The third-order valence-corrected chi connectivity index (χ3v) is 3.74. The van der Waals surface area contributed by atoms with Crippen molar-refractivity contribution in [3.05, 3.63) is 59.5 Å². The molecule has 1 aromatic carbocycles. The maximum atomic E-state index is 4.63. The average molecular weight is 235 g/mol. The van der Waals surface area contributed by atoms with Crippen molar-refractivity contribution in [1.29, 1.82) is 0 Å². The van der Waals surface area contributed by atoms with Crippen LogP contribution in [0.25, 0.3) is 11.2 Å². The minimum atomic E-state index is 0.399. The number of aromatic nitrogens is 3. The first-order valence-corrected chi connectivity index (χ1v) is 6.30. The van der Waals surface area contributed by atoms with E-state index in [-0.39, 0.29) is 0 Å². The van der Waals surface area contributed by atoms with Crippen LogP contribution < -0.4 is 0 Å². The van der Waals surface area contributed by atoms with Gasteiger partial charge < -0.3 is 4.98 Å². The number of imidazole rings is 1. The Morgan fingerprint density at radius 1 is 1.11 bits per heavy atom. The molecular weight excluding hydrogens is 222 g/mol. The second-order valence-corrected chi connectivity index (χ2v) is 4.79. The second kappa shape index (κ2) is 3.67. The van der Waals surface area contributed by atoms with Crippen LogP contribution in [0.4, 0.5) is 0 Å². The summed E-state index contributed by atoms with van der Waals surface area (Å²) in [6.45, 7) is 0. The first kappa shape index (κ1) is 9.83. The van der Waals surface area contributed by atoms with E-state index in [0.29, 0.717) is 5.92 Å². The van der Waals surface area contributed by atoms with Crippen LogP contribution in [0, 0.1) is 0 Å². The lowest BCUT2D eigenvalue weighted by molar-refractivity contribution is 0.744. The molecule has 3 nitrogen and oxygen atoms in total. The molecule has 4 rings (SSSR count). The summed E-state index contributed by atoms with van der Waals surface area (Å²) in [6.07, 6.45) is 4.07. The summed E-state index contributed by atoms with van der Waals surface area (Å²) >= 11 is 0. The van der Waals surface area contributed by atoms with Crippen LogP contribution >= 0.6 is 0 Å². The number of H-pyrrole nitrogens is 1. The topological polar surface area (TPSA) is 41.6 Å². The molecule has 3 heteroatoms. The van der Waals surface area contributed by atoms with Gasteiger partial charge in [0.05, 0.1) is 5.52 Å². The van der Waals surface area contributed by atoms with Gasteiger partial charge in [-0.3, -0.25) is 0 Å². The lowest BCUT2D eigenvalue weighted by atomic mass is 10.0. The summed E-state index contributed by atoms with van der Waals surface area (Å²) in [4.78, 5) is 12.3. The predicted octanol–water partition coefficient (Wildman–Crippen LogP) is 3.04. The van der Waals surface area contributed by atoms with Gasteiger partial charge in [0.1, 0.15) is 5.82 Å². The summed E-state index contributed by atoms with van der Waals surface area (Å²) < 4.78 is 0. The molecule has 1 unspecified atom stereocenters. The standard InChI is InChI=1S/C15H13N3/c1-2-5-11-10(4-1)7-8-12(11)14-17-13-6-3-9-16-15(13)18-14/h1-6,9,12H,7-8H2,(H,16,17,18). The monoisotopic (exact) mass is 235 g/mol. The molecule has 0 radical (unpaired) electrons. The molecule has 18 heavy (non-hydrogen) atoms. The maximum absolute atomic E-state index is 4.63. The van der Waals surface area contributed by atoms with Crippen LogP contribution in [-0.2, 0) is 6.42 Å². The Labute approximate surface area is 105 Å². The molecule has 2 aromatic heterocycles. The number of hydrogen-bond acceptors (Lipinski definition) is 2. The first-order valence-electron chi connectivity index (χ1n) is 6.30. The number of fused-ring (bicyclic) bond motifs is 2. The van der Waals surface area contributed by atoms with Gasteiger partial charge in [-0.05, 0) is 36.1 Å². The Kier molecular flexibility index (Phi) is 2.00. The molecule has 0 aliphatic heterocycles. The number of aromatic amines is 1. The number of aryl methyl sites for hydroxylation is 1. The van der Waals surface area contributed by atoms with Crippen molar-refractivity contribution in [2.45, 2.75) is 18.8 Å². The predicted molar refractivity (Wildman–Crippen MR) is 70.5 cm³/mol. The Morgan fingerprint density at radius 2 is 2.06 bits per heavy atom. The van der Waals surface area contributed by atoms with E-state index in [9.17, 15) is 0 Å². The lowest BCUT2D eigenvalue weighted by Gasteiger charge is -2.07. The third-order valence-electron chi connectivity index (χ3n) is 3.74. The van der Waals surface area contributed by atoms with E-state index in [1.54, 1.807) is 6.20 Å². The molecule has 1 N–H and O–H groups in total. The molecule has 2 heterocycles. The fourth-order valence-electron chi connectivity index (χ4n) is 2.87. The highest BCUT2D eigenvalue weighted by atomic mass is 15.0. The van der Waals surface area contributed by atoms with E-state index in [4.69, 9.17) is 0 Å². The Balaban J connectivity index is 1.85. The quantitative estimate of drug-likeness (QED) is 0.704. The largest absolute Gasteiger partial charge is 0.340 e. The summed E-state index contributed by atoms with van der Waals surface area (Å²) in [5, 5.41) is 0. The molecule has 0 spiro atoms. The van der Waals surface area contributed by atoms with Crippen molar-refractivity contribution >= 4 is 11.2 Å². The van der Waals surface area contributed by atoms with E-state index in [1.807, 2.05) is 12.1 Å². The molecule has 0 fully saturated rings. The zero-order chi connectivity index (χ0) is 11.9. The maximum Gasteiger partial charge on any atom is 0.177 e. The Hall–Kier alpha value is -2.16. The van der Waals surface area contributed by atoms with Gasteiger partial charge in [-0.2, -0.15) is 0 Å². The number of nitrogens with zero attached hydrogens (tertiary/aromatic N) is 2. The fourth-order valence-corrected chi connectivity index (χ4v) is 2.87. The molecule has 0 saturated heterocycles. The number of benzene rings is 1. The minimum Gasteiger partial charge on any atom is -0.340 e. The number of hydrogen-bond donors (Lipinski definition) is 1. The number of pyridine rings is 1. The SMILES string of the molecule is c1ccc2c(c1)CCC2c1nc2ncccc2[nH]1. The lowest BCUT2D eigenvalue weighted by Crippen LogP contribution is -1.98. The molecule has 88 valence electrons. The smallest absolute Gasteiger partial charge is 0.177 e. The van der Waals surface area contributed by atoms with Crippen molar-refractivity contribution < 1.29 is 0 Å². The Bertz CT molecular complexity index is 681. The molecule has 3 aromatic rings. The Morgan fingerprint density at radius 3 is 3.00 bits per heavy atom. The highest BCUT2D eigenvalue weighted by molar-refractivity contribution is 5.70. The van der Waals surface area contributed by atoms with Crippen molar-refractivity contribution in [2.24, 2.45) is 0 Å². The molecule has 1 aliphatic rings. The zero-order valence-corrected chi connectivity index (χ0v) is 9.93. The summed E-state index contributed by atoms with van der Waals surface area (Å²) in [5.41, 5.74) is 4.71. The molecule has 1 atom stereocenters. The van der Waals surface area contributed by atoms with E-state index in [1.165, 1.54) is 11.1 Å². The van der Waals surface area contributed by atoms with Gasteiger partial charge in [-0.15, -0.1) is 0 Å². The van der Waals surface area contributed by atoms with Crippen LogP contribution in [0.15, 0.2) is 42.6 Å². The van der Waals surface area contributed by atoms with Crippen LogP contribution in [0.2, 0.25) is 0 Å². The van der Waals surface area contributed by atoms with E-state index < -0.39 is 0 Å². The number of nitrogens with one attached hydrogen (secondary N) is 1. The number of rotatable bonds is 1. The average Bonchev–Trinajstić information content (AvgIpc) is 3.02. The van der Waals surface area contributed by atoms with E-state index in [0.717, 1.165) is 29.8 Å². The van der Waals surface area contributed by atoms with Gasteiger partial charge in [-0.25, -0.2) is 9.97 Å². The van der Waals surface area contributed by atoms with Gasteiger partial charge in [0.15, 0.2) is 5.65 Å². The highest BCUT2D eigenvalue weighted by Gasteiger charge is 2.25. The van der Waals surface area contributed by atoms with Gasteiger partial charge in [-0.1, -0.05) is 24.3 Å². The molecule has 1 aliphatic carbocycles. The first-order chi connectivity index (χ1) is 8.92. The molecule has 0 bridgehead atoms. The summed E-state index contributed by atoms with van der Waals surface area (Å²) in [5.74, 6) is 1.45. The van der Waals surface area contributed by atoms with Gasteiger partial charge in [0.2, 0.25) is 0 Å². The van der Waals surface area contributed by atoms with Crippen molar-refractivity contribution in [2.75, 3.05) is 0 Å². The van der Waals surface area contributed by atoms with Crippen LogP contribution in [0.5, 0.6) is 0 Å². The van der Waals surface area contributed by atoms with Gasteiger partial charge in [0, 0.05) is 12.1 Å². The van der Waals surface area contributed by atoms with Crippen molar-refractivity contribution in [3.8, 4) is 0 Å². The molecule has 0 saturated carbocycles. The summed E-state index contributed by atoms with van der Waals surface area (Å²) in [7, 11) is 0. The van der Waals surface area contributed by atoms with Crippen LogP contribution in [-0.4, -0.2) is 15.0 Å². The zero-order valence-electron chi connectivity index (χ0n) is 9.93. The second-order valence-electron chi connectivity index (χ2n) is 4.79. The van der Waals surface area contributed by atoms with Gasteiger partial charge >= 0.3 is 0 Å². The van der Waals surface area contributed by atoms with Crippen LogP contribution in [0.3, 0.4) is 0 Å². The van der Waals surface area contributed by atoms with E-state index >= 15 is 0 Å². The van der Waals surface area contributed by atoms with Crippen molar-refractivity contribution in [1.82, 2.24) is 15.0 Å². The highest BCUT2D eigenvalue weighted by Crippen LogP contribution is 2.36. The van der Waals surface area contributed by atoms with Gasteiger partial charge in [0.25, 0.3) is 0 Å². The van der Waals surface area contributed by atoms with Crippen LogP contribution in [0.1, 0.15) is 29.3 Å². The molecule has 0 amide bonds. The minimum absolute atomic E-state index is 0.399. The third kappa shape index (κ3) is 1.37. The molecular formula is C15H13N3.